The molecule has 0 N–H and O–H groups in total. The van der Waals surface area contributed by atoms with E-state index in [4.69, 9.17) is 0 Å². The maximum Gasteiger partial charge on any atom is 1.00 e. The average Bonchev–Trinajstić information content (AvgIpc) is 2.17. The number of benzene rings is 2. The number of hydrogen-bond donors (Lipinski definition) is 0. The summed E-state index contributed by atoms with van der Waals surface area (Å²) >= 11 is 0. The van der Waals surface area contributed by atoms with Crippen LogP contribution in [0.5, 0.6) is 0 Å². The molecule has 15 heavy (non-hydrogen) atoms. The summed E-state index contributed by atoms with van der Waals surface area (Å²) < 4.78 is 20.9. The quantitative estimate of drug-likeness (QED) is 0.416. The van der Waals surface area contributed by atoms with E-state index in [1.54, 1.807) is 0 Å². The van der Waals surface area contributed by atoms with Gasteiger partial charge in [0.25, 0.3) is 0 Å². The zero-order valence-corrected chi connectivity index (χ0v) is 11.8. The van der Waals surface area contributed by atoms with Crippen molar-refractivity contribution in [1.29, 1.82) is 0 Å². The van der Waals surface area contributed by atoms with Gasteiger partial charge in [0.2, 0.25) is 0 Å². The van der Waals surface area contributed by atoms with Crippen molar-refractivity contribution < 1.29 is 38.3 Å². The second-order valence-corrected chi connectivity index (χ2v) is 5.16. The molecule has 5 heteroatoms. The average molecular weight is 246 g/mol. The zero-order valence-electron chi connectivity index (χ0n) is 8.17. The zero-order chi connectivity index (χ0) is 9.97. The molecule has 2 nitrogen and oxygen atoms in total. The van der Waals surface area contributed by atoms with Crippen LogP contribution >= 0.6 is 10.8 Å². The topological polar surface area (TPSA) is 40.1 Å². The Morgan fingerprint density at radius 2 is 1.73 bits per heavy atom. The molecular formula is C10H7NaO2S2. The summed E-state index contributed by atoms with van der Waals surface area (Å²) in [6, 6.07) is 13.5. The van der Waals surface area contributed by atoms with E-state index in [9.17, 15) is 8.76 Å². The summed E-state index contributed by atoms with van der Waals surface area (Å²) in [4.78, 5) is 0.747. The Morgan fingerprint density at radius 3 is 2.40 bits per heavy atom. The molecule has 1 atom stereocenters. The summed E-state index contributed by atoms with van der Waals surface area (Å²) in [7, 11) is -1.26. The molecule has 0 radical (unpaired) electrons. The van der Waals surface area contributed by atoms with Crippen LogP contribution in [0, 0.1) is 0 Å². The summed E-state index contributed by atoms with van der Waals surface area (Å²) in [5.41, 5.74) is 0. The van der Waals surface area contributed by atoms with Gasteiger partial charge in [-0.25, -0.2) is 0 Å². The van der Waals surface area contributed by atoms with Crippen molar-refractivity contribution in [2.45, 2.75) is 4.90 Å². The van der Waals surface area contributed by atoms with E-state index >= 15 is 0 Å². The van der Waals surface area contributed by atoms with Gasteiger partial charge < -0.3 is 4.55 Å². The monoisotopic (exact) mass is 246 g/mol. The van der Waals surface area contributed by atoms with Crippen LogP contribution in [-0.2, 0) is 10.1 Å². The molecule has 0 aliphatic carbocycles. The Hall–Kier alpha value is 0.160. The molecular weight excluding hydrogens is 239 g/mol. The predicted octanol–water partition coefficient (Wildman–Crippen LogP) is -0.270. The van der Waals surface area contributed by atoms with Gasteiger partial charge in [-0.1, -0.05) is 30.3 Å². The van der Waals surface area contributed by atoms with Crippen LogP contribution in [-0.4, -0.2) is 8.76 Å². The van der Waals surface area contributed by atoms with E-state index in [-0.39, 0.29) is 29.6 Å². The van der Waals surface area contributed by atoms with Crippen molar-refractivity contribution in [3.05, 3.63) is 42.5 Å². The van der Waals surface area contributed by atoms with Gasteiger partial charge in [0.1, 0.15) is 0 Å². The van der Waals surface area contributed by atoms with Crippen molar-refractivity contribution in [2.24, 2.45) is 0 Å². The number of fused-ring (bicyclic) bond motifs is 1. The smallest absolute Gasteiger partial charge is 0.763 e. The van der Waals surface area contributed by atoms with Gasteiger partial charge in [0.15, 0.2) is 0 Å². The molecule has 0 heterocycles. The second kappa shape index (κ2) is 6.03. The summed E-state index contributed by atoms with van der Waals surface area (Å²) in [6.45, 7) is 0. The SMILES string of the molecule is O=S([O-])Sc1ccc2ccccc2c1.[Na+]. The Labute approximate surface area is 116 Å². The largest absolute Gasteiger partial charge is 1.00 e. The van der Waals surface area contributed by atoms with Crippen LogP contribution in [0.2, 0.25) is 0 Å². The van der Waals surface area contributed by atoms with Crippen LogP contribution in [0.15, 0.2) is 47.4 Å². The maximum absolute atomic E-state index is 10.5. The number of rotatable bonds is 2. The van der Waals surface area contributed by atoms with E-state index in [0.29, 0.717) is 0 Å². The minimum atomic E-state index is -2.09. The molecule has 0 aliphatic heterocycles. The number of hydrogen-bond acceptors (Lipinski definition) is 3. The summed E-state index contributed by atoms with van der Waals surface area (Å²) in [6.07, 6.45) is 0. The fourth-order valence-electron chi connectivity index (χ4n) is 1.30. The summed E-state index contributed by atoms with van der Waals surface area (Å²) in [5.74, 6) is 0. The molecule has 0 bridgehead atoms. The van der Waals surface area contributed by atoms with Crippen molar-refractivity contribution in [3.63, 3.8) is 0 Å². The minimum absolute atomic E-state index is 0. The summed E-state index contributed by atoms with van der Waals surface area (Å²) in [5, 5.41) is 2.18. The van der Waals surface area contributed by atoms with Crippen LogP contribution in [0.1, 0.15) is 0 Å². The first-order valence-electron chi connectivity index (χ1n) is 4.02. The molecule has 2 rings (SSSR count). The molecule has 72 valence electrons. The molecule has 0 aromatic heterocycles. The molecule has 0 aliphatic rings. The van der Waals surface area contributed by atoms with E-state index in [2.05, 4.69) is 0 Å². The fraction of sp³-hybridized carbons (Fsp3) is 0. The molecule has 2 aromatic rings. The predicted molar refractivity (Wildman–Crippen MR) is 58.7 cm³/mol. The van der Waals surface area contributed by atoms with Gasteiger partial charge >= 0.3 is 29.6 Å². The van der Waals surface area contributed by atoms with Crippen LogP contribution < -0.4 is 29.6 Å². The van der Waals surface area contributed by atoms with Gasteiger partial charge in [-0.15, -0.1) is 0 Å². The Kier molecular flexibility index (Phi) is 5.32. The van der Waals surface area contributed by atoms with E-state index < -0.39 is 10.1 Å². The minimum Gasteiger partial charge on any atom is -0.763 e. The van der Waals surface area contributed by atoms with Crippen LogP contribution in [0.25, 0.3) is 10.8 Å². The van der Waals surface area contributed by atoms with Gasteiger partial charge in [-0.05, 0) is 33.7 Å². The van der Waals surface area contributed by atoms with E-state index in [0.717, 1.165) is 26.5 Å². The first kappa shape index (κ1) is 13.2. The molecule has 0 fully saturated rings. The van der Waals surface area contributed by atoms with Crippen molar-refractivity contribution in [2.75, 3.05) is 0 Å². The first-order valence-corrected chi connectivity index (χ1v) is 6.43. The van der Waals surface area contributed by atoms with E-state index in [1.165, 1.54) is 0 Å². The third kappa shape index (κ3) is 3.59. The van der Waals surface area contributed by atoms with Gasteiger partial charge in [0.05, 0.1) is 0 Å². The molecule has 2 aromatic carbocycles. The van der Waals surface area contributed by atoms with Crippen molar-refractivity contribution in [1.82, 2.24) is 0 Å². The van der Waals surface area contributed by atoms with E-state index in [1.807, 2.05) is 42.5 Å². The molecule has 0 spiro atoms. The first-order chi connectivity index (χ1) is 6.75. The van der Waals surface area contributed by atoms with Crippen LogP contribution in [0.3, 0.4) is 0 Å². The fourth-order valence-corrected chi connectivity index (χ4v) is 2.54. The Bertz CT molecular complexity index is 488. The molecule has 0 amide bonds. The standard InChI is InChI=1S/C10H8O2S2.Na/c11-14(12)13-10-6-5-8-3-1-2-4-9(8)7-10;/h1-7H,(H,11,12);/q;+1/p-1. The maximum atomic E-state index is 10.5. The normalized spacial score (nSPS) is 12.1. The van der Waals surface area contributed by atoms with Gasteiger partial charge in [-0.3, -0.25) is 4.21 Å². The third-order valence-corrected chi connectivity index (χ3v) is 3.45. The Balaban J connectivity index is 0.00000112. The second-order valence-electron chi connectivity index (χ2n) is 2.80. The van der Waals surface area contributed by atoms with Gasteiger partial charge in [-0.2, -0.15) is 0 Å². The molecule has 0 saturated heterocycles. The molecule has 0 saturated carbocycles. The third-order valence-electron chi connectivity index (χ3n) is 1.89. The van der Waals surface area contributed by atoms with Crippen molar-refractivity contribution >= 4 is 31.7 Å². The van der Waals surface area contributed by atoms with Crippen molar-refractivity contribution in [3.8, 4) is 0 Å². The van der Waals surface area contributed by atoms with Crippen LogP contribution in [0.4, 0.5) is 0 Å². The van der Waals surface area contributed by atoms with Gasteiger partial charge in [0, 0.05) is 15.0 Å². The Morgan fingerprint density at radius 1 is 1.07 bits per heavy atom. The molecule has 1 unspecified atom stereocenters.